The maximum absolute atomic E-state index is 5.69. The van der Waals surface area contributed by atoms with Gasteiger partial charge in [0, 0.05) is 26.6 Å². The van der Waals surface area contributed by atoms with Crippen molar-refractivity contribution in [2.45, 2.75) is 19.3 Å². The monoisotopic (exact) mass is 481 g/mol. The number of aliphatic imine (C=N–C) groups is 1. The summed E-state index contributed by atoms with van der Waals surface area (Å²) >= 11 is 0. The molecule has 0 radical (unpaired) electrons. The molecule has 146 valence electrons. The molecular weight excluding hydrogens is 453 g/mol. The first kappa shape index (κ1) is 21.3. The minimum Gasteiger partial charge on any atom is -0.494 e. The lowest BCUT2D eigenvalue weighted by molar-refractivity contribution is 0.311. The SMILES string of the molecule is CN=C(NCCCOc1ccccc1)NCCc1ccc2c(c1)CCO2.I. The minimum absolute atomic E-state index is 0. The molecule has 0 bridgehead atoms. The van der Waals surface area contributed by atoms with Gasteiger partial charge in [-0.1, -0.05) is 30.3 Å². The van der Waals surface area contributed by atoms with Crippen molar-refractivity contribution in [1.29, 1.82) is 0 Å². The van der Waals surface area contributed by atoms with E-state index in [4.69, 9.17) is 9.47 Å². The van der Waals surface area contributed by atoms with E-state index in [1.54, 1.807) is 7.05 Å². The van der Waals surface area contributed by atoms with Crippen LogP contribution in [-0.2, 0) is 12.8 Å². The third-order valence-electron chi connectivity index (χ3n) is 4.31. The normalized spacial score (nSPS) is 12.6. The first-order valence-electron chi connectivity index (χ1n) is 9.22. The fourth-order valence-electron chi connectivity index (χ4n) is 2.93. The van der Waals surface area contributed by atoms with Crippen molar-refractivity contribution in [3.05, 3.63) is 59.7 Å². The summed E-state index contributed by atoms with van der Waals surface area (Å²) in [4.78, 5) is 4.27. The van der Waals surface area contributed by atoms with Gasteiger partial charge in [-0.25, -0.2) is 0 Å². The van der Waals surface area contributed by atoms with Crippen molar-refractivity contribution in [3.8, 4) is 11.5 Å². The van der Waals surface area contributed by atoms with Crippen molar-refractivity contribution >= 4 is 29.9 Å². The smallest absolute Gasteiger partial charge is 0.190 e. The zero-order valence-electron chi connectivity index (χ0n) is 15.7. The molecule has 2 aromatic carbocycles. The summed E-state index contributed by atoms with van der Waals surface area (Å²) in [5.74, 6) is 2.78. The lowest BCUT2D eigenvalue weighted by Crippen LogP contribution is -2.39. The third kappa shape index (κ3) is 6.93. The predicted octanol–water partition coefficient (Wildman–Crippen LogP) is 3.42. The molecule has 0 aliphatic carbocycles. The molecule has 2 aromatic rings. The Kier molecular flexibility index (Phi) is 9.24. The largest absolute Gasteiger partial charge is 0.494 e. The Morgan fingerprint density at radius 2 is 1.93 bits per heavy atom. The summed E-state index contributed by atoms with van der Waals surface area (Å²) in [6.07, 6.45) is 2.90. The molecule has 2 N–H and O–H groups in total. The summed E-state index contributed by atoms with van der Waals surface area (Å²) in [6.45, 7) is 3.16. The van der Waals surface area contributed by atoms with Gasteiger partial charge in [-0.2, -0.15) is 0 Å². The van der Waals surface area contributed by atoms with Crippen LogP contribution in [0.15, 0.2) is 53.5 Å². The number of nitrogens with one attached hydrogen (secondary N) is 2. The Labute approximate surface area is 178 Å². The second-order valence-electron chi connectivity index (χ2n) is 6.23. The van der Waals surface area contributed by atoms with E-state index < -0.39 is 0 Å². The quantitative estimate of drug-likeness (QED) is 0.263. The van der Waals surface area contributed by atoms with E-state index in [2.05, 4.69) is 33.8 Å². The fourth-order valence-corrected chi connectivity index (χ4v) is 2.93. The van der Waals surface area contributed by atoms with Crippen molar-refractivity contribution in [2.75, 3.05) is 33.4 Å². The molecule has 3 rings (SSSR count). The van der Waals surface area contributed by atoms with Crippen LogP contribution < -0.4 is 20.1 Å². The molecule has 0 aromatic heterocycles. The highest BCUT2D eigenvalue weighted by molar-refractivity contribution is 14.0. The van der Waals surface area contributed by atoms with Crippen molar-refractivity contribution in [1.82, 2.24) is 10.6 Å². The van der Waals surface area contributed by atoms with Crippen LogP contribution in [0.4, 0.5) is 0 Å². The van der Waals surface area contributed by atoms with Crippen LogP contribution in [0.5, 0.6) is 11.5 Å². The van der Waals surface area contributed by atoms with Gasteiger partial charge in [-0.15, -0.1) is 24.0 Å². The van der Waals surface area contributed by atoms with Gasteiger partial charge >= 0.3 is 0 Å². The number of ether oxygens (including phenoxy) is 2. The summed E-state index contributed by atoms with van der Waals surface area (Å²) in [6, 6.07) is 16.4. The highest BCUT2D eigenvalue weighted by Gasteiger charge is 2.11. The lowest BCUT2D eigenvalue weighted by Gasteiger charge is -2.12. The Hall–Kier alpha value is -1.96. The van der Waals surface area contributed by atoms with Gasteiger partial charge in [-0.05, 0) is 42.2 Å². The summed E-state index contributed by atoms with van der Waals surface area (Å²) in [5.41, 5.74) is 2.65. The first-order valence-corrected chi connectivity index (χ1v) is 9.22. The van der Waals surface area contributed by atoms with E-state index in [9.17, 15) is 0 Å². The highest BCUT2D eigenvalue weighted by atomic mass is 127. The van der Waals surface area contributed by atoms with Crippen LogP contribution >= 0.6 is 24.0 Å². The Bertz CT molecular complexity index is 723. The van der Waals surface area contributed by atoms with Gasteiger partial charge in [0.15, 0.2) is 5.96 Å². The average molecular weight is 481 g/mol. The van der Waals surface area contributed by atoms with Crippen LogP contribution in [0.3, 0.4) is 0 Å². The molecule has 0 spiro atoms. The number of benzene rings is 2. The van der Waals surface area contributed by atoms with Gasteiger partial charge in [0.2, 0.25) is 0 Å². The number of rotatable bonds is 8. The van der Waals surface area contributed by atoms with Crippen molar-refractivity contribution in [2.24, 2.45) is 4.99 Å². The number of fused-ring (bicyclic) bond motifs is 1. The van der Waals surface area contributed by atoms with Gasteiger partial charge < -0.3 is 20.1 Å². The van der Waals surface area contributed by atoms with Crippen LogP contribution in [-0.4, -0.2) is 39.3 Å². The predicted molar refractivity (Wildman–Crippen MR) is 121 cm³/mol. The molecule has 0 saturated heterocycles. The van der Waals surface area contributed by atoms with E-state index in [0.717, 1.165) is 56.4 Å². The second kappa shape index (κ2) is 11.7. The number of nitrogens with zero attached hydrogens (tertiary/aromatic N) is 1. The fraction of sp³-hybridized carbons (Fsp3) is 0.381. The first-order chi connectivity index (χ1) is 12.8. The Balaban J connectivity index is 0.00000261. The second-order valence-corrected chi connectivity index (χ2v) is 6.23. The van der Waals surface area contributed by atoms with E-state index in [1.165, 1.54) is 11.1 Å². The molecule has 27 heavy (non-hydrogen) atoms. The number of para-hydroxylation sites is 1. The molecule has 5 nitrogen and oxygen atoms in total. The summed E-state index contributed by atoms with van der Waals surface area (Å²) in [7, 11) is 1.79. The molecule has 0 unspecified atom stereocenters. The standard InChI is InChI=1S/C21H27N3O2.HI/c1-22-21(23-12-5-14-25-19-6-3-2-4-7-19)24-13-10-17-8-9-20-18(16-17)11-15-26-20;/h2-4,6-9,16H,5,10-15H2,1H3,(H2,22,23,24);1H. The zero-order chi connectivity index (χ0) is 18.0. The maximum atomic E-state index is 5.69. The third-order valence-corrected chi connectivity index (χ3v) is 4.31. The van der Waals surface area contributed by atoms with Gasteiger partial charge in [0.1, 0.15) is 11.5 Å². The van der Waals surface area contributed by atoms with E-state index in [1.807, 2.05) is 30.3 Å². The van der Waals surface area contributed by atoms with Gasteiger partial charge in [0.05, 0.1) is 13.2 Å². The molecule has 1 aliphatic rings. The lowest BCUT2D eigenvalue weighted by atomic mass is 10.1. The van der Waals surface area contributed by atoms with Gasteiger partial charge in [0.25, 0.3) is 0 Å². The number of hydrogen-bond donors (Lipinski definition) is 2. The van der Waals surface area contributed by atoms with Crippen LogP contribution in [0.1, 0.15) is 17.5 Å². The van der Waals surface area contributed by atoms with E-state index in [0.29, 0.717) is 6.61 Å². The number of guanidine groups is 1. The Morgan fingerprint density at radius 3 is 2.74 bits per heavy atom. The average Bonchev–Trinajstić information content (AvgIpc) is 3.15. The van der Waals surface area contributed by atoms with Crippen LogP contribution in [0.25, 0.3) is 0 Å². The maximum Gasteiger partial charge on any atom is 0.190 e. The van der Waals surface area contributed by atoms with Crippen LogP contribution in [0.2, 0.25) is 0 Å². The van der Waals surface area contributed by atoms with Crippen LogP contribution in [0, 0.1) is 0 Å². The summed E-state index contributed by atoms with van der Waals surface area (Å²) in [5, 5.41) is 6.68. The molecular formula is C21H28IN3O2. The molecule has 0 fully saturated rings. The molecule has 0 amide bonds. The van der Waals surface area contributed by atoms with E-state index >= 15 is 0 Å². The zero-order valence-corrected chi connectivity index (χ0v) is 18.1. The summed E-state index contributed by atoms with van der Waals surface area (Å²) < 4.78 is 11.2. The van der Waals surface area contributed by atoms with Crippen molar-refractivity contribution in [3.63, 3.8) is 0 Å². The van der Waals surface area contributed by atoms with Crippen molar-refractivity contribution < 1.29 is 9.47 Å². The van der Waals surface area contributed by atoms with Gasteiger partial charge in [-0.3, -0.25) is 4.99 Å². The number of hydrogen-bond acceptors (Lipinski definition) is 3. The molecule has 6 heteroatoms. The topological polar surface area (TPSA) is 54.9 Å². The number of halogens is 1. The highest BCUT2D eigenvalue weighted by Crippen LogP contribution is 2.25. The molecule has 1 aliphatic heterocycles. The van der Waals surface area contributed by atoms with E-state index in [-0.39, 0.29) is 24.0 Å². The molecule has 0 atom stereocenters. The molecule has 0 saturated carbocycles. The molecule has 1 heterocycles. The Morgan fingerprint density at radius 1 is 1.11 bits per heavy atom. The minimum atomic E-state index is 0.